The lowest BCUT2D eigenvalue weighted by molar-refractivity contribution is 0.0939. The Morgan fingerprint density at radius 3 is 2.79 bits per heavy atom. The summed E-state index contributed by atoms with van der Waals surface area (Å²) in [6.07, 6.45) is 2.51. The highest BCUT2D eigenvalue weighted by Crippen LogP contribution is 2.26. The van der Waals surface area contributed by atoms with E-state index in [-0.39, 0.29) is 11.7 Å². The van der Waals surface area contributed by atoms with Gasteiger partial charge in [0.15, 0.2) is 0 Å². The van der Waals surface area contributed by atoms with E-state index in [1.54, 1.807) is 6.92 Å². The first-order valence-corrected chi connectivity index (χ1v) is 6.75. The van der Waals surface area contributed by atoms with Crippen LogP contribution in [0.25, 0.3) is 0 Å². The highest BCUT2D eigenvalue weighted by molar-refractivity contribution is 5.95. The van der Waals surface area contributed by atoms with Crippen molar-refractivity contribution in [2.24, 2.45) is 0 Å². The first-order chi connectivity index (χ1) is 8.99. The SMILES string of the molecule is Cc1cc(F)ccc1C(=O)NCC(C)N(C)C1CC1. The summed E-state index contributed by atoms with van der Waals surface area (Å²) >= 11 is 0. The Hall–Kier alpha value is -1.42. The molecule has 3 nitrogen and oxygen atoms in total. The van der Waals surface area contributed by atoms with E-state index in [1.165, 1.54) is 31.0 Å². The van der Waals surface area contributed by atoms with Gasteiger partial charge in [0.2, 0.25) is 0 Å². The number of aryl methyl sites for hydroxylation is 1. The molecule has 1 aliphatic rings. The molecule has 0 aliphatic heterocycles. The van der Waals surface area contributed by atoms with E-state index < -0.39 is 0 Å². The van der Waals surface area contributed by atoms with Gasteiger partial charge in [0, 0.05) is 24.2 Å². The number of amides is 1. The Morgan fingerprint density at radius 2 is 2.21 bits per heavy atom. The van der Waals surface area contributed by atoms with Crippen LogP contribution in [0.1, 0.15) is 35.7 Å². The maximum atomic E-state index is 13.0. The van der Waals surface area contributed by atoms with Crippen LogP contribution in [-0.2, 0) is 0 Å². The normalized spacial score (nSPS) is 16.5. The molecule has 0 aromatic heterocycles. The highest BCUT2D eigenvalue weighted by atomic mass is 19.1. The number of benzene rings is 1. The molecule has 1 aromatic carbocycles. The van der Waals surface area contributed by atoms with E-state index >= 15 is 0 Å². The first-order valence-electron chi connectivity index (χ1n) is 6.75. The number of likely N-dealkylation sites (N-methyl/N-ethyl adjacent to an activating group) is 1. The lowest BCUT2D eigenvalue weighted by Crippen LogP contribution is -2.41. The van der Waals surface area contributed by atoms with Gasteiger partial charge in [-0.05, 0) is 57.5 Å². The molecule has 104 valence electrons. The fourth-order valence-electron chi connectivity index (χ4n) is 2.20. The molecule has 19 heavy (non-hydrogen) atoms. The van der Waals surface area contributed by atoms with Gasteiger partial charge in [0.05, 0.1) is 0 Å². The quantitative estimate of drug-likeness (QED) is 0.885. The zero-order valence-corrected chi connectivity index (χ0v) is 11.7. The second-order valence-electron chi connectivity index (χ2n) is 5.41. The number of nitrogens with zero attached hydrogens (tertiary/aromatic N) is 1. The zero-order valence-electron chi connectivity index (χ0n) is 11.7. The Kier molecular flexibility index (Phi) is 4.20. The van der Waals surface area contributed by atoms with Gasteiger partial charge in [-0.15, -0.1) is 0 Å². The van der Waals surface area contributed by atoms with Crippen molar-refractivity contribution in [2.45, 2.75) is 38.8 Å². The molecule has 0 heterocycles. The third-order valence-corrected chi connectivity index (χ3v) is 3.81. The van der Waals surface area contributed by atoms with Crippen molar-refractivity contribution in [3.63, 3.8) is 0 Å². The number of carbonyl (C=O) groups excluding carboxylic acids is 1. The Bertz CT molecular complexity index is 471. The van der Waals surface area contributed by atoms with Crippen molar-refractivity contribution < 1.29 is 9.18 Å². The van der Waals surface area contributed by atoms with Gasteiger partial charge >= 0.3 is 0 Å². The fraction of sp³-hybridized carbons (Fsp3) is 0.533. The van der Waals surface area contributed by atoms with Gasteiger partial charge in [0.25, 0.3) is 5.91 Å². The summed E-state index contributed by atoms with van der Waals surface area (Å²) in [6, 6.07) is 5.24. The Labute approximate surface area is 113 Å². The van der Waals surface area contributed by atoms with Crippen molar-refractivity contribution in [1.82, 2.24) is 10.2 Å². The van der Waals surface area contributed by atoms with Gasteiger partial charge in [-0.3, -0.25) is 9.69 Å². The van der Waals surface area contributed by atoms with E-state index in [0.717, 1.165) is 0 Å². The number of hydrogen-bond acceptors (Lipinski definition) is 2. The standard InChI is InChI=1S/C15H21FN2O/c1-10-8-12(16)4-7-14(10)15(19)17-9-11(2)18(3)13-5-6-13/h4,7-8,11,13H,5-6,9H2,1-3H3,(H,17,19). The van der Waals surface area contributed by atoms with E-state index in [2.05, 4.69) is 24.2 Å². The molecule has 1 aliphatic carbocycles. The van der Waals surface area contributed by atoms with Gasteiger partial charge in [-0.2, -0.15) is 0 Å². The summed E-state index contributed by atoms with van der Waals surface area (Å²) < 4.78 is 13.0. The summed E-state index contributed by atoms with van der Waals surface area (Å²) in [5.74, 6) is -0.440. The maximum Gasteiger partial charge on any atom is 0.251 e. The second-order valence-corrected chi connectivity index (χ2v) is 5.41. The average Bonchev–Trinajstić information content (AvgIpc) is 3.18. The molecule has 0 spiro atoms. The van der Waals surface area contributed by atoms with Crippen LogP contribution in [0.5, 0.6) is 0 Å². The molecule has 4 heteroatoms. The van der Waals surface area contributed by atoms with Crippen LogP contribution >= 0.6 is 0 Å². The van der Waals surface area contributed by atoms with Crippen LogP contribution < -0.4 is 5.32 Å². The van der Waals surface area contributed by atoms with Gasteiger partial charge in [0.1, 0.15) is 5.82 Å². The van der Waals surface area contributed by atoms with Crippen molar-refractivity contribution in [3.05, 3.63) is 35.1 Å². The molecular formula is C15H21FN2O. The summed E-state index contributed by atoms with van der Waals surface area (Å²) in [5.41, 5.74) is 1.21. The minimum Gasteiger partial charge on any atom is -0.350 e. The molecular weight excluding hydrogens is 243 g/mol. The van der Waals surface area contributed by atoms with Gasteiger partial charge in [-0.1, -0.05) is 0 Å². The minimum atomic E-state index is -0.309. The first kappa shape index (κ1) is 14.0. The molecule has 1 saturated carbocycles. The van der Waals surface area contributed by atoms with Crippen molar-refractivity contribution >= 4 is 5.91 Å². The molecule has 0 saturated heterocycles. The lowest BCUT2D eigenvalue weighted by atomic mass is 10.1. The average molecular weight is 264 g/mol. The van der Waals surface area contributed by atoms with Gasteiger partial charge < -0.3 is 5.32 Å². The third-order valence-electron chi connectivity index (χ3n) is 3.81. The number of nitrogens with one attached hydrogen (secondary N) is 1. The van der Waals surface area contributed by atoms with Crippen LogP contribution in [0.15, 0.2) is 18.2 Å². The van der Waals surface area contributed by atoms with E-state index in [9.17, 15) is 9.18 Å². The van der Waals surface area contributed by atoms with Gasteiger partial charge in [-0.25, -0.2) is 4.39 Å². The van der Waals surface area contributed by atoms with Crippen molar-refractivity contribution in [1.29, 1.82) is 0 Å². The summed E-state index contributed by atoms with van der Waals surface area (Å²) in [6.45, 7) is 4.47. The predicted octanol–water partition coefficient (Wildman–Crippen LogP) is 2.35. The predicted molar refractivity (Wildman–Crippen MR) is 73.7 cm³/mol. The topological polar surface area (TPSA) is 32.3 Å². The summed E-state index contributed by atoms with van der Waals surface area (Å²) in [5, 5.41) is 2.92. The van der Waals surface area contributed by atoms with Crippen LogP contribution in [-0.4, -0.2) is 36.5 Å². The zero-order chi connectivity index (χ0) is 14.0. The third kappa shape index (κ3) is 3.53. The van der Waals surface area contributed by atoms with E-state index in [4.69, 9.17) is 0 Å². The monoisotopic (exact) mass is 264 g/mol. The number of hydrogen-bond donors (Lipinski definition) is 1. The number of rotatable bonds is 5. The molecule has 0 radical (unpaired) electrons. The second kappa shape index (κ2) is 5.70. The highest BCUT2D eigenvalue weighted by Gasteiger charge is 2.29. The smallest absolute Gasteiger partial charge is 0.251 e. The Balaban J connectivity index is 1.89. The molecule has 1 fully saturated rings. The van der Waals surface area contributed by atoms with Crippen molar-refractivity contribution in [2.75, 3.05) is 13.6 Å². The van der Waals surface area contributed by atoms with Crippen LogP contribution in [0.4, 0.5) is 4.39 Å². The minimum absolute atomic E-state index is 0.131. The summed E-state index contributed by atoms with van der Waals surface area (Å²) in [7, 11) is 2.09. The molecule has 1 aromatic rings. The Morgan fingerprint density at radius 1 is 1.53 bits per heavy atom. The molecule has 1 atom stereocenters. The van der Waals surface area contributed by atoms with E-state index in [0.29, 0.717) is 29.8 Å². The number of carbonyl (C=O) groups is 1. The number of halogens is 1. The van der Waals surface area contributed by atoms with Crippen molar-refractivity contribution in [3.8, 4) is 0 Å². The largest absolute Gasteiger partial charge is 0.350 e. The fourth-order valence-corrected chi connectivity index (χ4v) is 2.20. The lowest BCUT2D eigenvalue weighted by Gasteiger charge is -2.24. The maximum absolute atomic E-state index is 13.0. The molecule has 1 amide bonds. The molecule has 1 N–H and O–H groups in total. The molecule has 1 unspecified atom stereocenters. The van der Waals surface area contributed by atoms with Crippen LogP contribution in [0, 0.1) is 12.7 Å². The van der Waals surface area contributed by atoms with E-state index in [1.807, 2.05) is 0 Å². The summed E-state index contributed by atoms with van der Waals surface area (Å²) in [4.78, 5) is 14.3. The molecule has 0 bridgehead atoms. The van der Waals surface area contributed by atoms with Crippen LogP contribution in [0.2, 0.25) is 0 Å². The van der Waals surface area contributed by atoms with Crippen LogP contribution in [0.3, 0.4) is 0 Å². The molecule has 2 rings (SSSR count).